The van der Waals surface area contributed by atoms with Gasteiger partial charge in [0, 0.05) is 13.1 Å². The number of aliphatic hydroxyl groups excluding tert-OH is 2. The molecule has 0 fully saturated rings. The Bertz CT molecular complexity index is 1250. The zero-order valence-corrected chi connectivity index (χ0v) is 36.7. The van der Waals surface area contributed by atoms with E-state index in [0.717, 1.165) is 11.5 Å². The van der Waals surface area contributed by atoms with Crippen molar-refractivity contribution in [1.82, 2.24) is 10.2 Å². The van der Waals surface area contributed by atoms with Gasteiger partial charge in [-0.3, -0.25) is 0 Å². The highest BCUT2D eigenvalue weighted by Crippen LogP contribution is 2.20. The van der Waals surface area contributed by atoms with Crippen LogP contribution in [0.15, 0.2) is 109 Å². The van der Waals surface area contributed by atoms with Gasteiger partial charge in [0.2, 0.25) is 0 Å². The third-order valence-corrected chi connectivity index (χ3v) is 7.91. The molecule has 0 aliphatic heterocycles. The van der Waals surface area contributed by atoms with Gasteiger partial charge in [-0.15, -0.1) is 0 Å². The summed E-state index contributed by atoms with van der Waals surface area (Å²) in [5, 5.41) is 21.7. The quantitative estimate of drug-likeness (QED) is 0.149. The molecule has 2 unspecified atom stereocenters. The van der Waals surface area contributed by atoms with Crippen LogP contribution in [0.4, 0.5) is 0 Å². The molecule has 0 saturated carbocycles. The largest absolute Gasteiger partial charge is 0.491 e. The fourth-order valence-corrected chi connectivity index (χ4v) is 5.54. The Morgan fingerprint density at radius 2 is 0.782 bits per heavy atom. The van der Waals surface area contributed by atoms with Crippen molar-refractivity contribution in [3.05, 3.63) is 131 Å². The van der Waals surface area contributed by atoms with Gasteiger partial charge in [0.1, 0.15) is 36.9 Å². The topological polar surface area (TPSA) is 74.2 Å². The summed E-state index contributed by atoms with van der Waals surface area (Å²) in [6, 6.07) is 36.6. The van der Waals surface area contributed by atoms with Crippen molar-refractivity contribution < 1.29 is 19.7 Å². The van der Waals surface area contributed by atoms with Gasteiger partial charge in [-0.25, -0.2) is 0 Å². The Morgan fingerprint density at radius 1 is 0.491 bits per heavy atom. The molecule has 2 aliphatic carbocycles. The van der Waals surface area contributed by atoms with Crippen molar-refractivity contribution in [2.45, 2.75) is 119 Å². The molecule has 4 aromatic rings. The first-order chi connectivity index (χ1) is 26.9. The van der Waals surface area contributed by atoms with E-state index in [2.05, 4.69) is 53.8 Å². The second-order valence-corrected chi connectivity index (χ2v) is 12.3. The molecule has 55 heavy (non-hydrogen) atoms. The van der Waals surface area contributed by atoms with Crippen molar-refractivity contribution in [3.63, 3.8) is 0 Å². The lowest BCUT2D eigenvalue weighted by Crippen LogP contribution is -2.30. The normalized spacial score (nSPS) is 12.6. The highest BCUT2D eigenvalue weighted by atomic mass is 16.5. The summed E-state index contributed by atoms with van der Waals surface area (Å²) in [7, 11) is 5.64. The van der Waals surface area contributed by atoms with E-state index >= 15 is 0 Å². The Kier molecular flexibility index (Phi) is 37.5. The molecule has 0 spiro atoms. The molecule has 6 rings (SSSR count). The highest BCUT2D eigenvalue weighted by molar-refractivity contribution is 5.29. The summed E-state index contributed by atoms with van der Waals surface area (Å²) in [5.74, 6) is 1.59. The van der Waals surface area contributed by atoms with Crippen LogP contribution in [-0.2, 0) is 25.7 Å². The number of para-hydroxylation sites is 2. The lowest BCUT2D eigenvalue weighted by atomic mass is 9.92. The molecule has 0 radical (unpaired) electrons. The first-order valence-electron chi connectivity index (χ1n) is 21.1. The van der Waals surface area contributed by atoms with Crippen molar-refractivity contribution in [1.29, 1.82) is 0 Å². The third kappa shape index (κ3) is 27.5. The van der Waals surface area contributed by atoms with Crippen LogP contribution in [0.3, 0.4) is 0 Å². The van der Waals surface area contributed by atoms with Crippen LogP contribution in [0.2, 0.25) is 0 Å². The summed E-state index contributed by atoms with van der Waals surface area (Å²) in [4.78, 5) is 1.93. The number of nitrogens with zero attached hydrogens (tertiary/aromatic N) is 1. The highest BCUT2D eigenvalue weighted by Gasteiger charge is 2.08. The second-order valence-electron chi connectivity index (χ2n) is 12.3. The van der Waals surface area contributed by atoms with Crippen molar-refractivity contribution in [2.75, 3.05) is 47.4 Å². The number of aliphatic hydroxyl groups is 2. The SMILES string of the molecule is CC.CC.CC.CC.CN(C)CC(O)COc1ccccc1.CNCC(O)COc1ccccc1.c1ccc2c(c1)CCCC2.c1ccc2c(c1)CCCC2. The average Bonchev–Trinajstić information content (AvgIpc) is 3.26. The van der Waals surface area contributed by atoms with Gasteiger partial charge in [0.15, 0.2) is 0 Å². The Balaban J connectivity index is 0. The number of likely N-dealkylation sites (N-methyl/N-ethyl adjacent to an activating group) is 2. The van der Waals surface area contributed by atoms with Crippen LogP contribution in [0, 0.1) is 0 Å². The standard InChI is InChI=1S/C11H17NO2.C10H15NO2.2C10H12.4C2H6/c1-12(2)8-10(13)9-14-11-6-4-3-5-7-11;1-11-7-9(12)8-13-10-5-3-2-4-6-10;2*1-2-6-10-8-4-3-7-9(10)5-1;4*1-2/h3-7,10,13H,8-9H2,1-2H3;2-6,9,11-12H,7-8H2,1H3;2*1-2,5-6H,3-4,7-8H2;4*1-2H3. The predicted octanol–water partition coefficient (Wildman–Crippen LogP) is 10.9. The van der Waals surface area contributed by atoms with Gasteiger partial charge in [-0.2, -0.15) is 0 Å². The van der Waals surface area contributed by atoms with E-state index in [1.807, 2.05) is 135 Å². The monoisotopic (exact) mass is 761 g/mol. The van der Waals surface area contributed by atoms with Gasteiger partial charge in [0.05, 0.1) is 0 Å². The van der Waals surface area contributed by atoms with Crippen LogP contribution < -0.4 is 14.8 Å². The Hall–Kier alpha value is -3.68. The molecule has 0 amide bonds. The lowest BCUT2D eigenvalue weighted by Gasteiger charge is -2.16. The molecule has 6 heteroatoms. The number of hydrogen-bond acceptors (Lipinski definition) is 6. The Labute approximate surface area is 338 Å². The molecule has 2 aliphatic rings. The van der Waals surface area contributed by atoms with E-state index < -0.39 is 12.2 Å². The van der Waals surface area contributed by atoms with Crippen molar-refractivity contribution in [3.8, 4) is 11.5 Å². The molecule has 0 bridgehead atoms. The maximum atomic E-state index is 9.51. The van der Waals surface area contributed by atoms with E-state index in [1.165, 1.54) is 51.4 Å². The summed E-state index contributed by atoms with van der Waals surface area (Å²) >= 11 is 0. The number of aryl methyl sites for hydroxylation is 4. The number of hydrogen-bond donors (Lipinski definition) is 3. The summed E-state index contributed by atoms with van der Waals surface area (Å²) in [6.07, 6.45) is 9.86. The first kappa shape index (κ1) is 53.4. The maximum Gasteiger partial charge on any atom is 0.119 e. The Morgan fingerprint density at radius 3 is 1.07 bits per heavy atom. The second kappa shape index (κ2) is 38.6. The summed E-state index contributed by atoms with van der Waals surface area (Å²) in [6.45, 7) is 17.8. The molecule has 310 valence electrons. The third-order valence-electron chi connectivity index (χ3n) is 7.91. The summed E-state index contributed by atoms with van der Waals surface area (Å²) < 4.78 is 10.7. The lowest BCUT2D eigenvalue weighted by molar-refractivity contribution is 0.0831. The molecule has 0 saturated heterocycles. The smallest absolute Gasteiger partial charge is 0.119 e. The van der Waals surface area contributed by atoms with Gasteiger partial charge in [-0.1, -0.05) is 140 Å². The molecule has 2 atom stereocenters. The van der Waals surface area contributed by atoms with Gasteiger partial charge in [0.25, 0.3) is 0 Å². The van der Waals surface area contributed by atoms with Gasteiger partial charge in [-0.05, 0) is 119 Å². The number of benzene rings is 4. The van der Waals surface area contributed by atoms with E-state index in [0.29, 0.717) is 26.3 Å². The van der Waals surface area contributed by atoms with Crippen LogP contribution in [-0.4, -0.2) is 74.8 Å². The van der Waals surface area contributed by atoms with E-state index in [-0.39, 0.29) is 0 Å². The van der Waals surface area contributed by atoms with Crippen LogP contribution in [0.1, 0.15) is 103 Å². The van der Waals surface area contributed by atoms with Crippen molar-refractivity contribution in [2.24, 2.45) is 0 Å². The molecule has 6 nitrogen and oxygen atoms in total. The minimum Gasteiger partial charge on any atom is -0.491 e. The van der Waals surface area contributed by atoms with Gasteiger partial charge >= 0.3 is 0 Å². The minimum atomic E-state index is -0.454. The molecule has 4 aromatic carbocycles. The van der Waals surface area contributed by atoms with E-state index in [9.17, 15) is 10.2 Å². The van der Waals surface area contributed by atoms with E-state index in [1.54, 1.807) is 29.3 Å². The maximum absolute atomic E-state index is 9.51. The molecule has 0 aromatic heterocycles. The average molecular weight is 761 g/mol. The zero-order chi connectivity index (χ0) is 41.5. The molecular weight excluding hydrogens is 681 g/mol. The number of fused-ring (bicyclic) bond motifs is 2. The van der Waals surface area contributed by atoms with Crippen LogP contribution in [0.25, 0.3) is 0 Å². The minimum absolute atomic E-state index is 0.324. The number of nitrogens with one attached hydrogen (secondary N) is 1. The number of rotatable bonds is 10. The molecular formula is C49H80N2O4. The summed E-state index contributed by atoms with van der Waals surface area (Å²) in [5.41, 5.74) is 6.31. The van der Waals surface area contributed by atoms with Crippen LogP contribution in [0.5, 0.6) is 11.5 Å². The molecule has 3 N–H and O–H groups in total. The fraction of sp³-hybridized carbons (Fsp3) is 0.510. The van der Waals surface area contributed by atoms with Gasteiger partial charge < -0.3 is 29.9 Å². The zero-order valence-electron chi connectivity index (χ0n) is 36.7. The van der Waals surface area contributed by atoms with E-state index in [4.69, 9.17) is 9.47 Å². The van der Waals surface area contributed by atoms with Crippen LogP contribution >= 0.6 is 0 Å². The van der Waals surface area contributed by atoms with Crippen molar-refractivity contribution >= 4 is 0 Å². The molecule has 0 heterocycles. The fourth-order valence-electron chi connectivity index (χ4n) is 5.54. The predicted molar refractivity (Wildman–Crippen MR) is 240 cm³/mol. The number of ether oxygens (including phenoxy) is 2. The first-order valence-corrected chi connectivity index (χ1v) is 21.1.